The third kappa shape index (κ3) is 2.31. The van der Waals surface area contributed by atoms with Crippen molar-refractivity contribution in [1.82, 2.24) is 24.7 Å². The van der Waals surface area contributed by atoms with Gasteiger partial charge in [-0.15, -0.1) is 21.5 Å². The van der Waals surface area contributed by atoms with Crippen LogP contribution in [-0.4, -0.2) is 24.7 Å². The summed E-state index contributed by atoms with van der Waals surface area (Å²) in [6.45, 7) is 7.08. The minimum absolute atomic E-state index is 0.860. The summed E-state index contributed by atoms with van der Waals surface area (Å²) >= 11 is 3.29. The Hall–Kier alpha value is -1.47. The zero-order valence-corrected chi connectivity index (χ0v) is 13.3. The number of hydrogen-bond acceptors (Lipinski definition) is 6. The second-order valence-electron chi connectivity index (χ2n) is 4.34. The Balaban J connectivity index is 2.03. The van der Waals surface area contributed by atoms with Gasteiger partial charge in [-0.1, -0.05) is 6.92 Å². The van der Waals surface area contributed by atoms with Crippen molar-refractivity contribution < 1.29 is 0 Å². The zero-order chi connectivity index (χ0) is 14.1. The Morgan fingerprint density at radius 2 is 2.10 bits per heavy atom. The Bertz CT molecular complexity index is 746. The fraction of sp³-hybridized carbons (Fsp3) is 0.385. The monoisotopic (exact) mass is 305 g/mol. The molecule has 3 rings (SSSR count). The van der Waals surface area contributed by atoms with Gasteiger partial charge in [0.1, 0.15) is 22.0 Å². The fourth-order valence-electron chi connectivity index (χ4n) is 2.03. The van der Waals surface area contributed by atoms with E-state index in [2.05, 4.69) is 44.6 Å². The fourth-order valence-corrected chi connectivity index (χ4v) is 4.02. The first-order valence-electron chi connectivity index (χ1n) is 6.54. The van der Waals surface area contributed by atoms with Crippen LogP contribution in [0.2, 0.25) is 0 Å². The number of fused-ring (bicyclic) bond motifs is 1. The van der Waals surface area contributed by atoms with Crippen LogP contribution in [-0.2, 0) is 13.0 Å². The minimum atomic E-state index is 0.860. The van der Waals surface area contributed by atoms with E-state index in [0.29, 0.717) is 0 Å². The Kier molecular flexibility index (Phi) is 3.71. The quantitative estimate of drug-likeness (QED) is 0.692. The molecule has 0 N–H and O–H groups in total. The first-order valence-corrected chi connectivity index (χ1v) is 8.17. The molecule has 0 radical (unpaired) electrons. The number of thiophene rings is 1. The van der Waals surface area contributed by atoms with Gasteiger partial charge >= 0.3 is 0 Å². The molecule has 0 aromatic carbocycles. The number of rotatable bonds is 4. The highest BCUT2D eigenvalue weighted by molar-refractivity contribution is 7.99. The second kappa shape index (κ2) is 5.49. The molecule has 0 aliphatic heterocycles. The van der Waals surface area contributed by atoms with E-state index in [1.807, 2.05) is 6.92 Å². The molecule has 5 nitrogen and oxygen atoms in total. The summed E-state index contributed by atoms with van der Waals surface area (Å²) < 4.78 is 2.09. The average molecular weight is 305 g/mol. The van der Waals surface area contributed by atoms with Crippen LogP contribution in [0.25, 0.3) is 10.2 Å². The van der Waals surface area contributed by atoms with E-state index in [1.54, 1.807) is 29.4 Å². The van der Waals surface area contributed by atoms with Crippen LogP contribution < -0.4 is 0 Å². The first kappa shape index (κ1) is 13.5. The minimum Gasteiger partial charge on any atom is -0.306 e. The molecule has 0 saturated carbocycles. The van der Waals surface area contributed by atoms with Gasteiger partial charge in [0.2, 0.25) is 0 Å². The van der Waals surface area contributed by atoms with Gasteiger partial charge in [-0.3, -0.25) is 0 Å². The van der Waals surface area contributed by atoms with Crippen LogP contribution in [0.5, 0.6) is 0 Å². The van der Waals surface area contributed by atoms with Crippen molar-refractivity contribution in [3.63, 3.8) is 0 Å². The molecular weight excluding hydrogens is 290 g/mol. The molecule has 0 spiro atoms. The highest BCUT2D eigenvalue weighted by atomic mass is 32.2. The van der Waals surface area contributed by atoms with E-state index >= 15 is 0 Å². The van der Waals surface area contributed by atoms with E-state index in [4.69, 9.17) is 0 Å². The highest BCUT2D eigenvalue weighted by Gasteiger charge is 2.14. The second-order valence-corrected chi connectivity index (χ2v) is 6.41. The lowest BCUT2D eigenvalue weighted by Gasteiger charge is -2.04. The Morgan fingerprint density at radius 1 is 1.25 bits per heavy atom. The van der Waals surface area contributed by atoms with Crippen LogP contribution in [0, 0.1) is 6.92 Å². The van der Waals surface area contributed by atoms with E-state index in [1.165, 1.54) is 4.88 Å². The van der Waals surface area contributed by atoms with Crippen molar-refractivity contribution in [2.75, 3.05) is 0 Å². The molecule has 0 amide bonds. The normalized spacial score (nSPS) is 11.3. The third-order valence-corrected chi connectivity index (χ3v) is 5.29. The molecule has 7 heteroatoms. The molecule has 20 heavy (non-hydrogen) atoms. The van der Waals surface area contributed by atoms with Gasteiger partial charge < -0.3 is 4.57 Å². The van der Waals surface area contributed by atoms with Gasteiger partial charge in [-0.25, -0.2) is 9.97 Å². The molecule has 0 atom stereocenters. The van der Waals surface area contributed by atoms with Crippen LogP contribution in [0.15, 0.2) is 22.6 Å². The predicted octanol–water partition coefficient (Wildman–Crippen LogP) is 3.32. The number of nitrogens with zero attached hydrogens (tertiary/aromatic N) is 5. The molecule has 0 aliphatic carbocycles. The van der Waals surface area contributed by atoms with Crippen LogP contribution in [0.3, 0.4) is 0 Å². The summed E-state index contributed by atoms with van der Waals surface area (Å²) in [5.41, 5.74) is 0. The zero-order valence-electron chi connectivity index (χ0n) is 11.6. The molecule has 0 unspecified atom stereocenters. The van der Waals surface area contributed by atoms with Crippen molar-refractivity contribution in [1.29, 1.82) is 0 Å². The topological polar surface area (TPSA) is 56.5 Å². The van der Waals surface area contributed by atoms with Gasteiger partial charge in [0, 0.05) is 16.8 Å². The van der Waals surface area contributed by atoms with Crippen LogP contribution in [0.4, 0.5) is 0 Å². The van der Waals surface area contributed by atoms with Crippen molar-refractivity contribution in [3.05, 3.63) is 23.1 Å². The number of hydrogen-bond donors (Lipinski definition) is 0. The lowest BCUT2D eigenvalue weighted by molar-refractivity contribution is 0.661. The van der Waals surface area contributed by atoms with Gasteiger partial charge in [0.25, 0.3) is 0 Å². The van der Waals surface area contributed by atoms with Crippen LogP contribution >= 0.6 is 23.1 Å². The van der Waals surface area contributed by atoms with Crippen molar-refractivity contribution in [2.24, 2.45) is 0 Å². The first-order chi connectivity index (χ1) is 9.72. The standard InChI is InChI=1S/C13H15N5S2/c1-4-9-6-10-11(19-9)14-7-15-12(10)20-13-17-16-8(3)18(13)5-2/h6-7H,4-5H2,1-3H3. The Morgan fingerprint density at radius 3 is 2.85 bits per heavy atom. The number of aryl methyl sites for hydroxylation is 2. The van der Waals surface area contributed by atoms with Crippen molar-refractivity contribution in [3.8, 4) is 0 Å². The maximum atomic E-state index is 4.41. The van der Waals surface area contributed by atoms with Crippen molar-refractivity contribution >= 4 is 33.3 Å². The molecule has 3 aromatic rings. The van der Waals surface area contributed by atoms with E-state index in [0.717, 1.165) is 39.2 Å². The molecule has 0 bridgehead atoms. The molecule has 104 valence electrons. The maximum absolute atomic E-state index is 4.41. The summed E-state index contributed by atoms with van der Waals surface area (Å²) in [5, 5.41) is 11.3. The lowest BCUT2D eigenvalue weighted by atomic mass is 10.3. The predicted molar refractivity (Wildman–Crippen MR) is 81.3 cm³/mol. The summed E-state index contributed by atoms with van der Waals surface area (Å²) in [6.07, 6.45) is 2.65. The van der Waals surface area contributed by atoms with E-state index in [-0.39, 0.29) is 0 Å². The van der Waals surface area contributed by atoms with Gasteiger partial charge in [-0.2, -0.15) is 0 Å². The smallest absolute Gasteiger partial charge is 0.197 e. The molecular formula is C13H15N5S2. The SMILES string of the molecule is CCc1cc2c(Sc3nnc(C)n3CC)ncnc2s1. The van der Waals surface area contributed by atoms with Crippen LogP contribution in [0.1, 0.15) is 24.5 Å². The summed E-state index contributed by atoms with van der Waals surface area (Å²) in [6, 6.07) is 2.18. The third-order valence-electron chi connectivity index (χ3n) is 3.10. The number of aromatic nitrogens is 5. The molecule has 0 aliphatic rings. The summed E-state index contributed by atoms with van der Waals surface area (Å²) in [7, 11) is 0. The summed E-state index contributed by atoms with van der Waals surface area (Å²) in [5.74, 6) is 0.930. The Labute approximate surface area is 125 Å². The molecule has 0 saturated heterocycles. The van der Waals surface area contributed by atoms with E-state index in [9.17, 15) is 0 Å². The molecule has 0 fully saturated rings. The summed E-state index contributed by atoms with van der Waals surface area (Å²) in [4.78, 5) is 11.1. The lowest BCUT2D eigenvalue weighted by Crippen LogP contribution is -1.99. The highest BCUT2D eigenvalue weighted by Crippen LogP contribution is 2.34. The van der Waals surface area contributed by atoms with E-state index < -0.39 is 0 Å². The largest absolute Gasteiger partial charge is 0.306 e. The average Bonchev–Trinajstić information content (AvgIpc) is 3.03. The van der Waals surface area contributed by atoms with Gasteiger partial charge in [0.05, 0.1) is 0 Å². The van der Waals surface area contributed by atoms with Gasteiger partial charge in [-0.05, 0) is 38.1 Å². The molecule has 3 heterocycles. The maximum Gasteiger partial charge on any atom is 0.197 e. The van der Waals surface area contributed by atoms with Gasteiger partial charge in [0.15, 0.2) is 5.16 Å². The molecule has 3 aromatic heterocycles. The van der Waals surface area contributed by atoms with Crippen molar-refractivity contribution in [2.45, 2.75) is 43.9 Å².